The van der Waals surface area contributed by atoms with Crippen molar-refractivity contribution in [2.24, 2.45) is 0 Å². The van der Waals surface area contributed by atoms with Crippen LogP contribution in [0.1, 0.15) is 26.2 Å². The molecule has 1 fully saturated rings. The highest BCUT2D eigenvalue weighted by molar-refractivity contribution is 5.25. The topological polar surface area (TPSA) is 72.2 Å². The average molecular weight is 226 g/mol. The Kier molecular flexibility index (Phi) is 3.11. The number of ether oxygens (including phenoxy) is 1. The van der Waals surface area contributed by atoms with Gasteiger partial charge >= 0.3 is 6.01 Å². The van der Waals surface area contributed by atoms with Crippen LogP contribution >= 0.6 is 0 Å². The van der Waals surface area contributed by atoms with Crippen LogP contribution in [0, 0.1) is 0 Å². The molecule has 1 aromatic heterocycles. The zero-order valence-electron chi connectivity index (χ0n) is 9.91. The molecule has 16 heavy (non-hydrogen) atoms. The number of nitrogens with one attached hydrogen (secondary N) is 2. The molecule has 1 aliphatic rings. The summed E-state index contributed by atoms with van der Waals surface area (Å²) < 4.78 is 11.0. The van der Waals surface area contributed by atoms with Crippen molar-refractivity contribution < 1.29 is 9.15 Å². The second kappa shape index (κ2) is 4.39. The van der Waals surface area contributed by atoms with Crippen molar-refractivity contribution in [1.29, 1.82) is 0 Å². The summed E-state index contributed by atoms with van der Waals surface area (Å²) in [6, 6.07) is 0.463. The van der Waals surface area contributed by atoms with Crippen molar-refractivity contribution in [2.75, 3.05) is 19.0 Å². The molecule has 1 aliphatic heterocycles. The number of rotatable bonds is 4. The van der Waals surface area contributed by atoms with Gasteiger partial charge in [0, 0.05) is 6.61 Å². The summed E-state index contributed by atoms with van der Waals surface area (Å²) in [7, 11) is 1.84. The molecule has 2 N–H and O–H groups in total. The monoisotopic (exact) mass is 226 g/mol. The third-order valence-electron chi connectivity index (χ3n) is 3.07. The molecule has 0 saturated carbocycles. The molecule has 0 aliphatic carbocycles. The van der Waals surface area contributed by atoms with Crippen LogP contribution in [0.25, 0.3) is 0 Å². The summed E-state index contributed by atoms with van der Waals surface area (Å²) in [5.74, 6) is 0.583. The predicted octanol–water partition coefficient (Wildman–Crippen LogP) is 0.768. The van der Waals surface area contributed by atoms with Crippen molar-refractivity contribution in [1.82, 2.24) is 15.5 Å². The van der Waals surface area contributed by atoms with E-state index in [4.69, 9.17) is 9.15 Å². The van der Waals surface area contributed by atoms with E-state index in [0.29, 0.717) is 18.5 Å². The SMILES string of the molecule is CNCc1nnc(NC2(C)CCOC2C)o1. The molecular weight excluding hydrogens is 208 g/mol. The lowest BCUT2D eigenvalue weighted by atomic mass is 9.95. The van der Waals surface area contributed by atoms with Crippen molar-refractivity contribution in [3.8, 4) is 0 Å². The highest BCUT2D eigenvalue weighted by Crippen LogP contribution is 2.28. The van der Waals surface area contributed by atoms with Gasteiger partial charge in [0.1, 0.15) is 0 Å². The minimum atomic E-state index is -0.122. The lowest BCUT2D eigenvalue weighted by molar-refractivity contribution is 0.104. The van der Waals surface area contributed by atoms with Crippen LogP contribution in [0.3, 0.4) is 0 Å². The first-order chi connectivity index (χ1) is 7.64. The van der Waals surface area contributed by atoms with Gasteiger partial charge in [-0.2, -0.15) is 0 Å². The predicted molar refractivity (Wildman–Crippen MR) is 59.1 cm³/mol. The zero-order valence-corrected chi connectivity index (χ0v) is 9.91. The van der Waals surface area contributed by atoms with Gasteiger partial charge in [-0.3, -0.25) is 0 Å². The third kappa shape index (κ3) is 2.17. The Labute approximate surface area is 94.8 Å². The lowest BCUT2D eigenvalue weighted by Crippen LogP contribution is -2.41. The second-order valence-corrected chi connectivity index (χ2v) is 4.34. The van der Waals surface area contributed by atoms with Gasteiger partial charge in [-0.25, -0.2) is 0 Å². The molecule has 2 atom stereocenters. The molecule has 90 valence electrons. The molecular formula is C10H18N4O2. The van der Waals surface area contributed by atoms with E-state index in [1.807, 2.05) is 14.0 Å². The Morgan fingerprint density at radius 3 is 2.94 bits per heavy atom. The molecule has 2 heterocycles. The Morgan fingerprint density at radius 1 is 1.50 bits per heavy atom. The van der Waals surface area contributed by atoms with E-state index in [9.17, 15) is 0 Å². The minimum Gasteiger partial charge on any atom is -0.407 e. The van der Waals surface area contributed by atoms with Crippen LogP contribution in [0.2, 0.25) is 0 Å². The molecule has 0 radical (unpaired) electrons. The van der Waals surface area contributed by atoms with E-state index in [1.165, 1.54) is 0 Å². The highest BCUT2D eigenvalue weighted by atomic mass is 16.5. The molecule has 6 nitrogen and oxygen atoms in total. The van der Waals surface area contributed by atoms with Crippen molar-refractivity contribution >= 4 is 6.01 Å². The molecule has 6 heteroatoms. The standard InChI is InChI=1S/C10H18N4O2/c1-7-10(2,4-5-15-7)12-9-14-13-8(16-9)6-11-3/h7,11H,4-6H2,1-3H3,(H,12,14). The first-order valence-corrected chi connectivity index (χ1v) is 5.51. The number of aromatic nitrogens is 2. The fourth-order valence-electron chi connectivity index (χ4n) is 1.77. The van der Waals surface area contributed by atoms with Gasteiger partial charge in [-0.1, -0.05) is 5.10 Å². The first-order valence-electron chi connectivity index (χ1n) is 5.51. The minimum absolute atomic E-state index is 0.122. The quantitative estimate of drug-likeness (QED) is 0.790. The van der Waals surface area contributed by atoms with Crippen molar-refractivity contribution in [2.45, 2.75) is 38.5 Å². The van der Waals surface area contributed by atoms with E-state index in [0.717, 1.165) is 13.0 Å². The highest BCUT2D eigenvalue weighted by Gasteiger charge is 2.38. The Bertz CT molecular complexity index is 354. The fourth-order valence-corrected chi connectivity index (χ4v) is 1.77. The third-order valence-corrected chi connectivity index (χ3v) is 3.07. The summed E-state index contributed by atoms with van der Waals surface area (Å²) in [5.41, 5.74) is -0.122. The summed E-state index contributed by atoms with van der Waals surface area (Å²) in [6.45, 7) is 5.50. The van der Waals surface area contributed by atoms with Crippen molar-refractivity contribution in [3.05, 3.63) is 5.89 Å². The maximum Gasteiger partial charge on any atom is 0.316 e. The maximum absolute atomic E-state index is 5.53. The van der Waals surface area contributed by atoms with Gasteiger partial charge in [0.2, 0.25) is 5.89 Å². The van der Waals surface area contributed by atoms with E-state index < -0.39 is 0 Å². The largest absolute Gasteiger partial charge is 0.407 e. The molecule has 0 aromatic carbocycles. The van der Waals surface area contributed by atoms with Crippen LogP contribution in [0.4, 0.5) is 6.01 Å². The van der Waals surface area contributed by atoms with Crippen LogP contribution in [-0.2, 0) is 11.3 Å². The summed E-state index contributed by atoms with van der Waals surface area (Å²) in [6.07, 6.45) is 1.09. The van der Waals surface area contributed by atoms with Crippen LogP contribution in [-0.4, -0.2) is 35.5 Å². The maximum atomic E-state index is 5.53. The van der Waals surface area contributed by atoms with Crippen LogP contribution in [0.5, 0.6) is 0 Å². The molecule has 2 rings (SSSR count). The average Bonchev–Trinajstić information content (AvgIpc) is 2.77. The number of hydrogen-bond donors (Lipinski definition) is 2. The van der Waals surface area contributed by atoms with E-state index in [-0.39, 0.29) is 11.6 Å². The Hall–Kier alpha value is -1.14. The Balaban J connectivity index is 2.02. The number of anilines is 1. The summed E-state index contributed by atoms with van der Waals surface area (Å²) in [5, 5.41) is 14.1. The molecule has 0 bridgehead atoms. The normalized spacial score (nSPS) is 29.6. The molecule has 1 aromatic rings. The fraction of sp³-hybridized carbons (Fsp3) is 0.800. The van der Waals surface area contributed by atoms with Gasteiger partial charge in [0.25, 0.3) is 0 Å². The lowest BCUT2D eigenvalue weighted by Gasteiger charge is -2.27. The first kappa shape index (κ1) is 11.3. The molecule has 0 amide bonds. The summed E-state index contributed by atoms with van der Waals surface area (Å²) >= 11 is 0. The van der Waals surface area contributed by atoms with Gasteiger partial charge in [-0.15, -0.1) is 5.10 Å². The van der Waals surface area contributed by atoms with E-state index in [1.54, 1.807) is 0 Å². The molecule has 1 saturated heterocycles. The smallest absolute Gasteiger partial charge is 0.316 e. The van der Waals surface area contributed by atoms with Gasteiger partial charge < -0.3 is 19.8 Å². The number of nitrogens with zero attached hydrogens (tertiary/aromatic N) is 2. The molecule has 2 unspecified atom stereocenters. The van der Waals surface area contributed by atoms with Gasteiger partial charge in [0.15, 0.2) is 0 Å². The van der Waals surface area contributed by atoms with Gasteiger partial charge in [0.05, 0.1) is 18.2 Å². The zero-order chi connectivity index (χ0) is 11.6. The van der Waals surface area contributed by atoms with E-state index in [2.05, 4.69) is 27.8 Å². The van der Waals surface area contributed by atoms with Crippen molar-refractivity contribution in [3.63, 3.8) is 0 Å². The second-order valence-electron chi connectivity index (χ2n) is 4.34. The van der Waals surface area contributed by atoms with Gasteiger partial charge in [-0.05, 0) is 27.3 Å². The summed E-state index contributed by atoms with van der Waals surface area (Å²) in [4.78, 5) is 0. The Morgan fingerprint density at radius 2 is 2.31 bits per heavy atom. The molecule has 0 spiro atoms. The van der Waals surface area contributed by atoms with Crippen LogP contribution < -0.4 is 10.6 Å². The number of hydrogen-bond acceptors (Lipinski definition) is 6. The van der Waals surface area contributed by atoms with Crippen LogP contribution in [0.15, 0.2) is 4.42 Å². The van der Waals surface area contributed by atoms with E-state index >= 15 is 0 Å².